The normalized spacial score (nSPS) is 25.3. The molecule has 1 aromatic rings. The van der Waals surface area contributed by atoms with Gasteiger partial charge in [-0.2, -0.15) is 0 Å². The van der Waals surface area contributed by atoms with Gasteiger partial charge in [-0.15, -0.1) is 0 Å². The first-order valence-electron chi connectivity index (χ1n) is 6.77. The largest absolute Gasteiger partial charge is 0.389 e. The van der Waals surface area contributed by atoms with E-state index in [4.69, 9.17) is 0 Å². The third-order valence-electron chi connectivity index (χ3n) is 3.55. The molecule has 116 valence electrons. The van der Waals surface area contributed by atoms with Gasteiger partial charge in [-0.05, 0) is 38.0 Å². The lowest BCUT2D eigenvalue weighted by atomic mass is 10.0. The third kappa shape index (κ3) is 4.18. The summed E-state index contributed by atoms with van der Waals surface area (Å²) in [5.41, 5.74) is 0.517. The minimum atomic E-state index is -3.07. The molecule has 0 aromatic heterocycles. The number of carbonyl (C=O) groups excluding carboxylic acids is 1. The van der Waals surface area contributed by atoms with Crippen molar-refractivity contribution in [1.82, 2.24) is 5.32 Å². The number of hydrogen-bond acceptors (Lipinski definition) is 4. The number of nitrogens with one attached hydrogen (secondary N) is 2. The van der Waals surface area contributed by atoms with Crippen LogP contribution in [0.5, 0.6) is 0 Å². The summed E-state index contributed by atoms with van der Waals surface area (Å²) in [6.07, 6.45) is -0.205. The number of aliphatic hydroxyl groups is 1. The number of amides is 2. The van der Waals surface area contributed by atoms with Crippen LogP contribution in [-0.2, 0) is 9.84 Å². The second-order valence-electron chi connectivity index (χ2n) is 5.78. The third-order valence-corrected chi connectivity index (χ3v) is 5.45. The molecule has 7 heteroatoms. The molecule has 2 unspecified atom stereocenters. The molecule has 1 fully saturated rings. The summed E-state index contributed by atoms with van der Waals surface area (Å²) in [6, 6.07) is 6.44. The van der Waals surface area contributed by atoms with Gasteiger partial charge in [0.25, 0.3) is 0 Å². The highest BCUT2D eigenvalue weighted by Gasteiger charge is 2.39. The summed E-state index contributed by atoms with van der Waals surface area (Å²) >= 11 is 0. The Balaban J connectivity index is 2.01. The smallest absolute Gasteiger partial charge is 0.319 e. The average molecular weight is 312 g/mol. The van der Waals surface area contributed by atoms with Gasteiger partial charge in [-0.3, -0.25) is 0 Å². The van der Waals surface area contributed by atoms with Crippen molar-refractivity contribution >= 4 is 21.6 Å². The minimum Gasteiger partial charge on any atom is -0.389 e. The van der Waals surface area contributed by atoms with Crippen LogP contribution in [0.4, 0.5) is 10.5 Å². The molecule has 1 aliphatic heterocycles. The number of aliphatic hydroxyl groups excluding tert-OH is 1. The van der Waals surface area contributed by atoms with Gasteiger partial charge in [0.05, 0.1) is 23.1 Å². The summed E-state index contributed by atoms with van der Waals surface area (Å²) in [5.74, 6) is 0.0580. The standard InChI is InChI=1S/C14H20N2O4S/c1-10(17)11-4-3-5-12(8-11)15-13(18)16-14(2)6-7-21(19,20)9-14/h3-5,8,10,17H,6-7,9H2,1-2H3,(H2,15,16,18). The second kappa shape index (κ2) is 5.65. The molecule has 6 nitrogen and oxygen atoms in total. The Bertz CT molecular complexity index is 642. The fourth-order valence-electron chi connectivity index (χ4n) is 2.42. The molecule has 1 saturated heterocycles. The van der Waals surface area contributed by atoms with E-state index >= 15 is 0 Å². The Labute approximate surface area is 124 Å². The molecule has 2 rings (SSSR count). The molecule has 1 aliphatic rings. The second-order valence-corrected chi connectivity index (χ2v) is 7.97. The van der Waals surface area contributed by atoms with Gasteiger partial charge in [0, 0.05) is 5.69 Å². The van der Waals surface area contributed by atoms with Gasteiger partial charge in [-0.1, -0.05) is 12.1 Å². The van der Waals surface area contributed by atoms with E-state index < -0.39 is 27.5 Å². The van der Waals surface area contributed by atoms with Gasteiger partial charge >= 0.3 is 6.03 Å². The number of hydrogen-bond donors (Lipinski definition) is 3. The molecule has 2 atom stereocenters. The van der Waals surface area contributed by atoms with Gasteiger partial charge in [-0.25, -0.2) is 13.2 Å². The molecule has 0 saturated carbocycles. The molecule has 3 N–H and O–H groups in total. The van der Waals surface area contributed by atoms with Crippen molar-refractivity contribution in [3.63, 3.8) is 0 Å². The Hall–Kier alpha value is -1.60. The van der Waals surface area contributed by atoms with E-state index in [0.717, 1.165) is 0 Å². The Morgan fingerprint density at radius 3 is 2.71 bits per heavy atom. The van der Waals surface area contributed by atoms with E-state index in [1.54, 1.807) is 38.1 Å². The Morgan fingerprint density at radius 1 is 1.43 bits per heavy atom. The van der Waals surface area contributed by atoms with Crippen LogP contribution in [0.25, 0.3) is 0 Å². The molecule has 0 radical (unpaired) electrons. The van der Waals surface area contributed by atoms with Crippen LogP contribution in [0.15, 0.2) is 24.3 Å². The van der Waals surface area contributed by atoms with Crippen LogP contribution >= 0.6 is 0 Å². The van der Waals surface area contributed by atoms with E-state index in [-0.39, 0.29) is 11.5 Å². The van der Waals surface area contributed by atoms with E-state index in [1.807, 2.05) is 0 Å². The molecule has 0 aliphatic carbocycles. The first-order valence-corrected chi connectivity index (χ1v) is 8.59. The predicted octanol–water partition coefficient (Wildman–Crippen LogP) is 1.44. The summed E-state index contributed by atoms with van der Waals surface area (Å²) in [6.45, 7) is 3.37. The Kier molecular flexibility index (Phi) is 4.25. The van der Waals surface area contributed by atoms with Crippen LogP contribution in [0.3, 0.4) is 0 Å². The maximum absolute atomic E-state index is 12.0. The van der Waals surface area contributed by atoms with Crippen molar-refractivity contribution in [2.24, 2.45) is 0 Å². The zero-order valence-electron chi connectivity index (χ0n) is 12.1. The first kappa shape index (κ1) is 15.8. The zero-order chi connectivity index (χ0) is 15.7. The molecule has 0 spiro atoms. The number of sulfone groups is 1. The molecule has 1 aromatic carbocycles. The molecule has 0 bridgehead atoms. The topological polar surface area (TPSA) is 95.5 Å². The van der Waals surface area contributed by atoms with Gasteiger partial charge in [0.15, 0.2) is 9.84 Å². The number of carbonyl (C=O) groups is 1. The lowest BCUT2D eigenvalue weighted by Crippen LogP contribution is -2.48. The van der Waals surface area contributed by atoms with Crippen LogP contribution in [0.2, 0.25) is 0 Å². The monoisotopic (exact) mass is 312 g/mol. The van der Waals surface area contributed by atoms with Gasteiger partial charge in [0.2, 0.25) is 0 Å². The van der Waals surface area contributed by atoms with E-state index in [1.165, 1.54) is 0 Å². The fourth-order valence-corrected chi connectivity index (χ4v) is 4.51. The predicted molar refractivity (Wildman–Crippen MR) is 80.9 cm³/mol. The highest BCUT2D eigenvalue weighted by molar-refractivity contribution is 7.91. The number of anilines is 1. The average Bonchev–Trinajstić information content (AvgIpc) is 2.63. The van der Waals surface area contributed by atoms with Crippen molar-refractivity contribution in [3.05, 3.63) is 29.8 Å². The highest BCUT2D eigenvalue weighted by atomic mass is 32.2. The van der Waals surface area contributed by atoms with E-state index in [0.29, 0.717) is 17.7 Å². The van der Waals surface area contributed by atoms with Gasteiger partial charge in [0.1, 0.15) is 0 Å². The highest BCUT2D eigenvalue weighted by Crippen LogP contribution is 2.23. The van der Waals surface area contributed by atoms with E-state index in [2.05, 4.69) is 10.6 Å². The summed E-state index contributed by atoms with van der Waals surface area (Å²) in [4.78, 5) is 12.0. The summed E-state index contributed by atoms with van der Waals surface area (Å²) in [7, 11) is -3.07. The lowest BCUT2D eigenvalue weighted by Gasteiger charge is -2.24. The van der Waals surface area contributed by atoms with Crippen molar-refractivity contribution in [1.29, 1.82) is 0 Å². The van der Waals surface area contributed by atoms with Gasteiger partial charge < -0.3 is 15.7 Å². The van der Waals surface area contributed by atoms with Crippen molar-refractivity contribution < 1.29 is 18.3 Å². The van der Waals surface area contributed by atoms with Crippen LogP contribution in [-0.4, -0.2) is 36.6 Å². The van der Waals surface area contributed by atoms with Crippen molar-refractivity contribution in [2.75, 3.05) is 16.8 Å². The Morgan fingerprint density at radius 2 is 2.14 bits per heavy atom. The molecule has 2 amide bonds. The van der Waals surface area contributed by atoms with Crippen LogP contribution in [0, 0.1) is 0 Å². The molecular formula is C14H20N2O4S. The molecule has 21 heavy (non-hydrogen) atoms. The lowest BCUT2D eigenvalue weighted by molar-refractivity contribution is 0.199. The fraction of sp³-hybridized carbons (Fsp3) is 0.500. The zero-order valence-corrected chi connectivity index (χ0v) is 12.9. The van der Waals surface area contributed by atoms with Crippen molar-refractivity contribution in [2.45, 2.75) is 31.9 Å². The molecular weight excluding hydrogens is 292 g/mol. The summed E-state index contributed by atoms with van der Waals surface area (Å²) in [5, 5.41) is 14.9. The summed E-state index contributed by atoms with van der Waals surface area (Å²) < 4.78 is 23.0. The van der Waals surface area contributed by atoms with Crippen molar-refractivity contribution in [3.8, 4) is 0 Å². The first-order chi connectivity index (χ1) is 9.69. The minimum absolute atomic E-state index is 0.0405. The number of rotatable bonds is 3. The number of benzene rings is 1. The quantitative estimate of drug-likeness (QED) is 0.787. The van der Waals surface area contributed by atoms with E-state index in [9.17, 15) is 18.3 Å². The number of urea groups is 1. The maximum atomic E-state index is 12.0. The maximum Gasteiger partial charge on any atom is 0.319 e. The molecule has 1 heterocycles. The van der Waals surface area contributed by atoms with Crippen LogP contribution < -0.4 is 10.6 Å². The van der Waals surface area contributed by atoms with Crippen LogP contribution in [0.1, 0.15) is 31.9 Å². The SMILES string of the molecule is CC(O)c1cccc(NC(=O)NC2(C)CCS(=O)(=O)C2)c1.